The van der Waals surface area contributed by atoms with Crippen LogP contribution in [-0.4, -0.2) is 39.2 Å². The van der Waals surface area contributed by atoms with Gasteiger partial charge in [0.2, 0.25) is 0 Å². The molecule has 7 nitrogen and oxygen atoms in total. The van der Waals surface area contributed by atoms with E-state index < -0.39 is 69.0 Å². The van der Waals surface area contributed by atoms with Gasteiger partial charge < -0.3 is 14.8 Å². The van der Waals surface area contributed by atoms with E-state index >= 15 is 0 Å². The Morgan fingerprint density at radius 2 is 1.71 bits per heavy atom. The van der Waals surface area contributed by atoms with Crippen molar-refractivity contribution in [1.29, 1.82) is 0 Å². The third-order valence-corrected chi connectivity index (χ3v) is 7.10. The minimum absolute atomic E-state index is 0.160. The molecule has 186 valence electrons. The smallest absolute Gasteiger partial charge is 0.407 e. The summed E-state index contributed by atoms with van der Waals surface area (Å²) >= 11 is 5.84. The topological polar surface area (TPSA) is 98.8 Å². The fourth-order valence-electron chi connectivity index (χ4n) is 3.15. The molecule has 0 unspecified atom stereocenters. The number of sulfone groups is 1. The lowest BCUT2D eigenvalue weighted by Gasteiger charge is -2.25. The molecule has 0 spiro atoms. The maximum absolute atomic E-state index is 14.6. The summed E-state index contributed by atoms with van der Waals surface area (Å²) in [5, 5.41) is 0.919. The molecule has 0 aliphatic carbocycles. The average Bonchev–Trinajstić information content (AvgIpc) is 2.72. The van der Waals surface area contributed by atoms with Gasteiger partial charge in [-0.05, 0) is 63.2 Å². The van der Waals surface area contributed by atoms with E-state index in [2.05, 4.69) is 5.32 Å². The first-order chi connectivity index (χ1) is 15.7. The Morgan fingerprint density at radius 3 is 2.29 bits per heavy atom. The number of nitrogens with one attached hydrogen (secondary N) is 1. The van der Waals surface area contributed by atoms with Crippen LogP contribution in [0.3, 0.4) is 0 Å². The molecule has 2 aromatic rings. The van der Waals surface area contributed by atoms with Gasteiger partial charge in [-0.25, -0.2) is 22.0 Å². The molecule has 34 heavy (non-hydrogen) atoms. The molecule has 0 aliphatic rings. The zero-order valence-electron chi connectivity index (χ0n) is 19.1. The molecule has 0 heterocycles. The van der Waals surface area contributed by atoms with E-state index in [9.17, 15) is 26.8 Å². The Labute approximate surface area is 202 Å². The Morgan fingerprint density at radius 1 is 1.09 bits per heavy atom. The van der Waals surface area contributed by atoms with Crippen LogP contribution in [0.1, 0.15) is 38.5 Å². The van der Waals surface area contributed by atoms with Crippen molar-refractivity contribution in [3.63, 3.8) is 0 Å². The monoisotopic (exact) mass is 517 g/mol. The third-order valence-electron chi connectivity index (χ3n) is 4.53. The number of carbonyl (C=O) groups excluding carboxylic acids is 2. The minimum Gasteiger partial charge on any atom is -0.459 e. The van der Waals surface area contributed by atoms with Gasteiger partial charge in [0.1, 0.15) is 23.8 Å². The highest BCUT2D eigenvalue weighted by atomic mass is 35.5. The van der Waals surface area contributed by atoms with Gasteiger partial charge in [-0.1, -0.05) is 18.5 Å². The van der Waals surface area contributed by atoms with Crippen LogP contribution in [0.25, 0.3) is 0 Å². The molecule has 2 atom stereocenters. The largest absolute Gasteiger partial charge is 0.459 e. The van der Waals surface area contributed by atoms with Crippen molar-refractivity contribution < 1.29 is 36.3 Å². The van der Waals surface area contributed by atoms with Crippen LogP contribution >= 0.6 is 11.6 Å². The quantitative estimate of drug-likeness (QED) is 0.503. The number of esters is 1. The normalized spacial score (nSPS) is 13.6. The van der Waals surface area contributed by atoms with Crippen LogP contribution in [0.4, 0.5) is 13.6 Å². The SMILES string of the molecule is C[C@H](COC(=O)NCC(=O)OC(C)(C)C)[C@@H](c1cc(F)ccc1F)S(=O)(=O)c1ccc(Cl)cc1. The first-order valence-corrected chi connectivity index (χ1v) is 12.2. The van der Waals surface area contributed by atoms with E-state index in [0.717, 1.165) is 18.2 Å². The molecule has 0 radical (unpaired) electrons. The molecular weight excluding hydrogens is 492 g/mol. The van der Waals surface area contributed by atoms with Crippen molar-refractivity contribution in [2.75, 3.05) is 13.2 Å². The van der Waals surface area contributed by atoms with Crippen LogP contribution in [0.2, 0.25) is 5.02 Å². The molecule has 1 amide bonds. The maximum atomic E-state index is 14.6. The van der Waals surface area contributed by atoms with Gasteiger partial charge in [0.25, 0.3) is 0 Å². The summed E-state index contributed by atoms with van der Waals surface area (Å²) in [6, 6.07) is 7.72. The lowest BCUT2D eigenvalue weighted by molar-refractivity contribution is -0.153. The molecule has 0 aliphatic heterocycles. The number of rotatable bonds is 8. The van der Waals surface area contributed by atoms with Crippen LogP contribution < -0.4 is 5.32 Å². The van der Waals surface area contributed by atoms with Crippen molar-refractivity contribution in [2.24, 2.45) is 5.92 Å². The Kier molecular flexibility index (Phi) is 9.02. The maximum Gasteiger partial charge on any atom is 0.407 e. The zero-order valence-corrected chi connectivity index (χ0v) is 20.7. The van der Waals surface area contributed by atoms with Crippen molar-refractivity contribution in [3.8, 4) is 0 Å². The lowest BCUT2D eigenvalue weighted by atomic mass is 10.0. The number of halogens is 3. The van der Waals surface area contributed by atoms with Gasteiger partial charge in [-0.2, -0.15) is 0 Å². The first kappa shape index (κ1) is 27.5. The van der Waals surface area contributed by atoms with Crippen LogP contribution in [-0.2, 0) is 24.1 Å². The number of benzene rings is 2. The van der Waals surface area contributed by atoms with E-state index in [1.165, 1.54) is 31.2 Å². The predicted octanol–water partition coefficient (Wildman–Crippen LogP) is 4.84. The molecule has 0 saturated heterocycles. The first-order valence-electron chi connectivity index (χ1n) is 10.3. The van der Waals surface area contributed by atoms with Crippen molar-refractivity contribution in [3.05, 3.63) is 64.7 Å². The highest BCUT2D eigenvalue weighted by Crippen LogP contribution is 2.37. The molecule has 1 N–H and O–H groups in total. The number of carbonyl (C=O) groups is 2. The zero-order chi connectivity index (χ0) is 25.7. The predicted molar refractivity (Wildman–Crippen MR) is 122 cm³/mol. The van der Waals surface area contributed by atoms with Gasteiger partial charge in [0.05, 0.1) is 16.8 Å². The number of amides is 1. The molecule has 0 fully saturated rings. The fraction of sp³-hybridized carbons (Fsp3) is 0.391. The molecule has 0 bridgehead atoms. The van der Waals surface area contributed by atoms with Crippen molar-refractivity contribution >= 4 is 33.5 Å². The number of ether oxygens (including phenoxy) is 2. The summed E-state index contributed by atoms with van der Waals surface area (Å²) in [5.74, 6) is -3.44. The molecule has 0 saturated carbocycles. The summed E-state index contributed by atoms with van der Waals surface area (Å²) in [7, 11) is -4.25. The van der Waals surface area contributed by atoms with Gasteiger partial charge >= 0.3 is 12.1 Å². The van der Waals surface area contributed by atoms with Crippen LogP contribution in [0.15, 0.2) is 47.4 Å². The van der Waals surface area contributed by atoms with Gasteiger partial charge in [0, 0.05) is 16.5 Å². The van der Waals surface area contributed by atoms with E-state index in [-0.39, 0.29) is 4.90 Å². The van der Waals surface area contributed by atoms with Gasteiger partial charge in [-0.3, -0.25) is 4.79 Å². The lowest BCUT2D eigenvalue weighted by Crippen LogP contribution is -2.36. The third kappa shape index (κ3) is 7.66. The molecule has 2 rings (SSSR count). The van der Waals surface area contributed by atoms with E-state index in [1.807, 2.05) is 0 Å². The molecule has 2 aromatic carbocycles. The van der Waals surface area contributed by atoms with Crippen LogP contribution in [0.5, 0.6) is 0 Å². The minimum atomic E-state index is -4.25. The average molecular weight is 518 g/mol. The molecule has 0 aromatic heterocycles. The van der Waals surface area contributed by atoms with Crippen molar-refractivity contribution in [1.82, 2.24) is 5.32 Å². The Balaban J connectivity index is 2.23. The number of alkyl carbamates (subject to hydrolysis) is 1. The van der Waals surface area contributed by atoms with Crippen LogP contribution in [0, 0.1) is 17.6 Å². The summed E-state index contributed by atoms with van der Waals surface area (Å²) in [5.41, 5.74) is -1.14. The summed E-state index contributed by atoms with van der Waals surface area (Å²) in [6.45, 7) is 5.49. The summed E-state index contributed by atoms with van der Waals surface area (Å²) in [6.07, 6.45) is -1.000. The highest BCUT2D eigenvalue weighted by molar-refractivity contribution is 7.91. The van der Waals surface area contributed by atoms with Gasteiger partial charge in [-0.15, -0.1) is 0 Å². The summed E-state index contributed by atoms with van der Waals surface area (Å²) in [4.78, 5) is 23.6. The van der Waals surface area contributed by atoms with E-state index in [1.54, 1.807) is 20.8 Å². The van der Waals surface area contributed by atoms with Gasteiger partial charge in [0.15, 0.2) is 9.84 Å². The second-order valence-corrected chi connectivity index (χ2v) is 11.1. The Bertz CT molecular complexity index is 1130. The van der Waals surface area contributed by atoms with E-state index in [0.29, 0.717) is 5.02 Å². The van der Waals surface area contributed by atoms with E-state index in [4.69, 9.17) is 21.1 Å². The fourth-order valence-corrected chi connectivity index (χ4v) is 5.29. The number of hydrogen-bond donors (Lipinski definition) is 1. The highest BCUT2D eigenvalue weighted by Gasteiger charge is 2.37. The standard InChI is InChI=1S/C23H26ClF2NO6S/c1-14(13-32-22(29)27-12-20(28)33-23(2,3)4)21(18-11-16(25)7-10-19(18)26)34(30,31)17-8-5-15(24)6-9-17/h5-11,14,21H,12-13H2,1-4H3,(H,27,29)/t14-,21+/m1/s1. The second-order valence-electron chi connectivity index (χ2n) is 8.60. The molecule has 11 heteroatoms. The molecular formula is C23H26ClF2NO6S. The number of hydrogen-bond acceptors (Lipinski definition) is 6. The van der Waals surface area contributed by atoms with Crippen molar-refractivity contribution in [2.45, 2.75) is 43.4 Å². The second kappa shape index (κ2) is 11.1. The Hall–Kier alpha value is -2.72. The summed E-state index contributed by atoms with van der Waals surface area (Å²) < 4.78 is 65.4.